The Balaban J connectivity index is 2.04. The lowest BCUT2D eigenvalue weighted by Crippen LogP contribution is -2.41. The molecule has 20 heavy (non-hydrogen) atoms. The summed E-state index contributed by atoms with van der Waals surface area (Å²) in [4.78, 5) is 24.7. The summed E-state index contributed by atoms with van der Waals surface area (Å²) in [6.07, 6.45) is 1.20. The van der Waals surface area contributed by atoms with E-state index in [0.29, 0.717) is 23.9 Å². The van der Waals surface area contributed by atoms with Gasteiger partial charge in [-0.25, -0.2) is 0 Å². The van der Waals surface area contributed by atoms with E-state index in [1.54, 1.807) is 12.1 Å². The Labute approximate surface area is 118 Å². The standard InChI is InChI=1S/C15H20N2O3/c1-11-6-12(2)9-16(8-11)10-15(18)13-4-3-5-14(7-13)17(19)20/h3-5,7,11-12H,6,8-10H2,1-2H3. The molecule has 1 aromatic carbocycles. The van der Waals surface area contributed by atoms with Gasteiger partial charge in [-0.15, -0.1) is 0 Å². The average molecular weight is 276 g/mol. The van der Waals surface area contributed by atoms with E-state index in [4.69, 9.17) is 0 Å². The molecule has 0 amide bonds. The minimum Gasteiger partial charge on any atom is -0.295 e. The molecule has 0 saturated carbocycles. The second kappa shape index (κ2) is 6.13. The van der Waals surface area contributed by atoms with E-state index in [-0.39, 0.29) is 11.5 Å². The van der Waals surface area contributed by atoms with E-state index in [1.807, 2.05) is 0 Å². The number of non-ortho nitro benzene ring substituents is 1. The number of nitro groups is 1. The molecule has 108 valence electrons. The molecular formula is C15H20N2O3. The first-order valence-electron chi connectivity index (χ1n) is 6.95. The highest BCUT2D eigenvalue weighted by Gasteiger charge is 2.24. The molecule has 2 unspecified atom stereocenters. The molecule has 2 atom stereocenters. The molecule has 1 heterocycles. The second-order valence-corrected chi connectivity index (χ2v) is 5.87. The number of nitro benzene ring substituents is 1. The second-order valence-electron chi connectivity index (χ2n) is 5.87. The number of hydrogen-bond donors (Lipinski definition) is 0. The van der Waals surface area contributed by atoms with Gasteiger partial charge in [0.15, 0.2) is 5.78 Å². The van der Waals surface area contributed by atoms with Gasteiger partial charge < -0.3 is 0 Å². The fourth-order valence-corrected chi connectivity index (χ4v) is 3.01. The van der Waals surface area contributed by atoms with Crippen LogP contribution < -0.4 is 0 Å². The summed E-state index contributed by atoms with van der Waals surface area (Å²) in [5.41, 5.74) is 0.390. The van der Waals surface area contributed by atoms with Gasteiger partial charge in [-0.05, 0) is 18.3 Å². The van der Waals surface area contributed by atoms with Crippen LogP contribution in [0.15, 0.2) is 24.3 Å². The quantitative estimate of drug-likeness (QED) is 0.482. The molecule has 0 spiro atoms. The van der Waals surface area contributed by atoms with Crippen LogP contribution >= 0.6 is 0 Å². The summed E-state index contributed by atoms with van der Waals surface area (Å²) < 4.78 is 0. The highest BCUT2D eigenvalue weighted by molar-refractivity contribution is 5.98. The van der Waals surface area contributed by atoms with E-state index in [2.05, 4.69) is 18.7 Å². The Bertz CT molecular complexity index is 506. The van der Waals surface area contributed by atoms with Gasteiger partial charge in [0.1, 0.15) is 0 Å². The van der Waals surface area contributed by atoms with Gasteiger partial charge in [0.25, 0.3) is 5.69 Å². The molecular weight excluding hydrogens is 256 g/mol. The van der Waals surface area contributed by atoms with Crippen LogP contribution in [0.4, 0.5) is 5.69 Å². The first-order valence-corrected chi connectivity index (χ1v) is 6.95. The lowest BCUT2D eigenvalue weighted by Gasteiger charge is -2.34. The van der Waals surface area contributed by atoms with E-state index in [1.165, 1.54) is 18.6 Å². The van der Waals surface area contributed by atoms with E-state index < -0.39 is 4.92 Å². The maximum Gasteiger partial charge on any atom is 0.270 e. The topological polar surface area (TPSA) is 63.5 Å². The summed E-state index contributed by atoms with van der Waals surface area (Å²) in [6, 6.07) is 5.97. The van der Waals surface area contributed by atoms with Gasteiger partial charge in [-0.3, -0.25) is 19.8 Å². The molecule has 0 aliphatic carbocycles. The smallest absolute Gasteiger partial charge is 0.270 e. The number of carbonyl (C=O) groups excluding carboxylic acids is 1. The van der Waals surface area contributed by atoms with Gasteiger partial charge >= 0.3 is 0 Å². The van der Waals surface area contributed by atoms with Crippen molar-refractivity contribution in [1.82, 2.24) is 4.90 Å². The highest BCUT2D eigenvalue weighted by atomic mass is 16.6. The molecule has 5 nitrogen and oxygen atoms in total. The molecule has 1 aliphatic heterocycles. The van der Waals surface area contributed by atoms with Crippen LogP contribution in [0.1, 0.15) is 30.6 Å². The van der Waals surface area contributed by atoms with Crippen LogP contribution in [-0.4, -0.2) is 35.2 Å². The monoisotopic (exact) mass is 276 g/mol. The molecule has 0 bridgehead atoms. The fourth-order valence-electron chi connectivity index (χ4n) is 3.01. The van der Waals surface area contributed by atoms with Crippen molar-refractivity contribution in [3.05, 3.63) is 39.9 Å². The Morgan fingerprint density at radius 2 is 2.00 bits per heavy atom. The van der Waals surface area contributed by atoms with Crippen LogP contribution in [0.25, 0.3) is 0 Å². The maximum atomic E-state index is 12.2. The van der Waals surface area contributed by atoms with Crippen molar-refractivity contribution in [3.63, 3.8) is 0 Å². The molecule has 1 aromatic rings. The Morgan fingerprint density at radius 1 is 1.35 bits per heavy atom. The molecule has 1 aliphatic rings. The maximum absolute atomic E-state index is 12.2. The minimum atomic E-state index is -0.470. The molecule has 1 saturated heterocycles. The third-order valence-corrected chi connectivity index (χ3v) is 3.69. The average Bonchev–Trinajstić information content (AvgIpc) is 2.37. The van der Waals surface area contributed by atoms with Gasteiger partial charge in [0.05, 0.1) is 11.5 Å². The summed E-state index contributed by atoms with van der Waals surface area (Å²) in [7, 11) is 0. The number of ketones is 1. The molecule has 0 N–H and O–H groups in total. The number of benzene rings is 1. The number of piperidine rings is 1. The molecule has 0 radical (unpaired) electrons. The summed E-state index contributed by atoms with van der Waals surface area (Å²) in [5, 5.41) is 10.7. The minimum absolute atomic E-state index is 0.0313. The molecule has 1 fully saturated rings. The zero-order chi connectivity index (χ0) is 14.7. The lowest BCUT2D eigenvalue weighted by atomic mass is 9.91. The zero-order valence-electron chi connectivity index (χ0n) is 11.9. The first kappa shape index (κ1) is 14.7. The third kappa shape index (κ3) is 3.63. The number of likely N-dealkylation sites (tertiary alicyclic amines) is 1. The van der Waals surface area contributed by atoms with Gasteiger partial charge in [0.2, 0.25) is 0 Å². The number of rotatable bonds is 4. The van der Waals surface area contributed by atoms with E-state index in [0.717, 1.165) is 13.1 Å². The Morgan fingerprint density at radius 3 is 2.60 bits per heavy atom. The van der Waals surface area contributed by atoms with Crippen molar-refractivity contribution in [2.75, 3.05) is 19.6 Å². The molecule has 5 heteroatoms. The van der Waals surface area contributed by atoms with Crippen molar-refractivity contribution < 1.29 is 9.72 Å². The van der Waals surface area contributed by atoms with Gasteiger partial charge in [0, 0.05) is 30.8 Å². The van der Waals surface area contributed by atoms with Crippen molar-refractivity contribution >= 4 is 11.5 Å². The predicted octanol–water partition coefficient (Wildman–Crippen LogP) is 2.76. The van der Waals surface area contributed by atoms with E-state index >= 15 is 0 Å². The largest absolute Gasteiger partial charge is 0.295 e. The Kier molecular flexibility index (Phi) is 4.49. The van der Waals surface area contributed by atoms with Crippen LogP contribution in [-0.2, 0) is 0 Å². The van der Waals surface area contributed by atoms with Crippen molar-refractivity contribution in [3.8, 4) is 0 Å². The van der Waals surface area contributed by atoms with Gasteiger partial charge in [-0.2, -0.15) is 0 Å². The van der Waals surface area contributed by atoms with Crippen molar-refractivity contribution in [2.45, 2.75) is 20.3 Å². The number of hydrogen-bond acceptors (Lipinski definition) is 4. The first-order chi connectivity index (χ1) is 9.45. The SMILES string of the molecule is CC1CC(C)CN(CC(=O)c2cccc([N+](=O)[O-])c2)C1. The summed E-state index contributed by atoms with van der Waals surface area (Å²) in [5.74, 6) is 1.14. The number of Topliss-reactive ketones (excluding diaryl/α,β-unsaturated/α-hetero) is 1. The van der Waals surface area contributed by atoms with Gasteiger partial charge in [-0.1, -0.05) is 26.0 Å². The highest BCUT2D eigenvalue weighted by Crippen LogP contribution is 2.21. The van der Waals surface area contributed by atoms with E-state index in [9.17, 15) is 14.9 Å². The summed E-state index contributed by atoms with van der Waals surface area (Å²) >= 11 is 0. The normalized spacial score (nSPS) is 23.5. The van der Waals surface area contributed by atoms with Crippen molar-refractivity contribution in [1.29, 1.82) is 0 Å². The zero-order valence-corrected chi connectivity index (χ0v) is 11.9. The third-order valence-electron chi connectivity index (χ3n) is 3.69. The van der Waals surface area contributed by atoms with Crippen LogP contribution in [0.5, 0.6) is 0 Å². The lowest BCUT2D eigenvalue weighted by molar-refractivity contribution is -0.384. The predicted molar refractivity (Wildman–Crippen MR) is 76.8 cm³/mol. The fraction of sp³-hybridized carbons (Fsp3) is 0.533. The molecule has 0 aromatic heterocycles. The molecule has 2 rings (SSSR count). The van der Waals surface area contributed by atoms with Crippen LogP contribution in [0.2, 0.25) is 0 Å². The summed E-state index contributed by atoms with van der Waals surface area (Å²) in [6.45, 7) is 6.58. The van der Waals surface area contributed by atoms with Crippen LogP contribution in [0, 0.1) is 22.0 Å². The number of nitrogens with zero attached hydrogens (tertiary/aromatic N) is 2. The van der Waals surface area contributed by atoms with Crippen LogP contribution in [0.3, 0.4) is 0 Å². The number of carbonyl (C=O) groups is 1. The Hall–Kier alpha value is -1.75. The van der Waals surface area contributed by atoms with Crippen molar-refractivity contribution in [2.24, 2.45) is 11.8 Å².